The minimum Gasteiger partial charge on any atom is -0.504 e. The molecule has 0 spiro atoms. The van der Waals surface area contributed by atoms with Gasteiger partial charge in [0.15, 0.2) is 28.1 Å². The number of oxime groups is 1. The Morgan fingerprint density at radius 1 is 1.26 bits per heavy atom. The van der Waals surface area contributed by atoms with E-state index in [9.17, 15) is 34.5 Å². The number of thioether (sulfide) groups is 1. The molecule has 2 fully saturated rings. The van der Waals surface area contributed by atoms with Gasteiger partial charge < -0.3 is 35.3 Å². The molecule has 0 radical (unpaired) electrons. The third kappa shape index (κ3) is 6.70. The molecule has 0 aliphatic carbocycles. The number of hydrogen-bond donors (Lipinski definition) is 5. The average molecular weight is 748 g/mol. The predicted octanol–water partition coefficient (Wildman–Crippen LogP) is 1.00. The van der Waals surface area contributed by atoms with Crippen LogP contribution < -0.4 is 5.73 Å². The molecule has 1 aromatic carbocycles. The highest BCUT2D eigenvalue weighted by molar-refractivity contribution is 8.00. The number of aromatic amines is 1. The van der Waals surface area contributed by atoms with E-state index in [0.717, 1.165) is 16.9 Å². The number of aromatic hydroxyl groups is 2. The Morgan fingerprint density at radius 3 is 2.64 bits per heavy atom. The number of hydrogen-bond acceptors (Lipinski definition) is 15. The van der Waals surface area contributed by atoms with Crippen molar-refractivity contribution in [1.29, 1.82) is 0 Å². The molecule has 0 saturated carbocycles. The minimum absolute atomic E-state index is 0.0932. The average Bonchev–Trinajstić information content (AvgIpc) is 3.78. The van der Waals surface area contributed by atoms with Gasteiger partial charge in [-0.15, -0.1) is 33.3 Å². The van der Waals surface area contributed by atoms with Crippen LogP contribution in [0.1, 0.15) is 35.2 Å². The number of benzene rings is 1. The zero-order valence-corrected chi connectivity index (χ0v) is 29.0. The van der Waals surface area contributed by atoms with Crippen LogP contribution >= 0.6 is 34.7 Å². The van der Waals surface area contributed by atoms with Gasteiger partial charge in [0.25, 0.3) is 5.91 Å². The molecular weight excluding hydrogens is 716 g/mol. The van der Waals surface area contributed by atoms with Crippen LogP contribution in [0, 0.1) is 5.92 Å². The monoisotopic (exact) mass is 747 g/mol. The smallest absolute Gasteiger partial charge is 0.347 e. The molecule has 6 N–H and O–H groups in total. The molecule has 264 valence electrons. The Kier molecular flexibility index (Phi) is 9.71. The van der Waals surface area contributed by atoms with Crippen molar-refractivity contribution in [1.82, 2.24) is 35.4 Å². The van der Waals surface area contributed by atoms with Gasteiger partial charge in [0, 0.05) is 23.1 Å². The number of tetrazole rings is 1. The molecule has 2 aromatic heterocycles. The lowest BCUT2D eigenvalue weighted by Crippen LogP contribution is -2.62. The molecule has 0 unspecified atom stereocenters. The number of anilines is 1. The number of carboxylic acids is 1. The van der Waals surface area contributed by atoms with E-state index in [4.69, 9.17) is 22.2 Å². The van der Waals surface area contributed by atoms with Crippen molar-refractivity contribution in [3.05, 3.63) is 45.2 Å². The van der Waals surface area contributed by atoms with Crippen LogP contribution in [0.5, 0.6) is 11.5 Å². The number of nitrogens with two attached hydrogens (primary N) is 1. The summed E-state index contributed by atoms with van der Waals surface area (Å²) in [7, 11) is 2.05. The third-order valence-electron chi connectivity index (χ3n) is 8.80. The number of carbonyl (C=O) groups is 4. The predicted molar refractivity (Wildman–Crippen MR) is 180 cm³/mol. The molecule has 3 aliphatic heterocycles. The third-order valence-corrected chi connectivity index (χ3v) is 11.3. The molecule has 0 bridgehead atoms. The largest absolute Gasteiger partial charge is 0.504 e. The molecule has 3 atom stereocenters. The van der Waals surface area contributed by atoms with Crippen LogP contribution in [0.3, 0.4) is 0 Å². The van der Waals surface area contributed by atoms with Gasteiger partial charge in [-0.2, -0.15) is 5.21 Å². The number of β-lactam (4-membered cyclic amide) rings is 1. The summed E-state index contributed by atoms with van der Waals surface area (Å²) in [5.74, 6) is -3.46. The van der Waals surface area contributed by atoms with Gasteiger partial charge in [0.2, 0.25) is 17.8 Å². The number of rotatable bonds is 11. The van der Waals surface area contributed by atoms with Crippen LogP contribution in [0.2, 0.25) is 5.02 Å². The fraction of sp³-hybridized carbons (Fsp3) is 0.414. The van der Waals surface area contributed by atoms with Crippen LogP contribution in [0.4, 0.5) is 5.13 Å². The molecule has 5 heterocycles. The Labute approximate surface area is 297 Å². The van der Waals surface area contributed by atoms with Crippen LogP contribution in [-0.2, 0) is 19.2 Å². The molecule has 2 saturated heterocycles. The fourth-order valence-electron chi connectivity index (χ4n) is 5.98. The number of nitrogens with zero attached hydrogens (tertiary/aromatic N) is 8. The van der Waals surface area contributed by atoms with Crippen molar-refractivity contribution >= 4 is 74.8 Å². The Bertz CT molecular complexity index is 1910. The van der Waals surface area contributed by atoms with Gasteiger partial charge in [-0.25, -0.2) is 9.78 Å². The molecule has 2 amide bonds. The van der Waals surface area contributed by atoms with E-state index in [1.54, 1.807) is 9.80 Å². The number of phenolic OH excluding ortho intramolecular Hbond substituents is 2. The Balaban J connectivity index is 1.18. The van der Waals surface area contributed by atoms with E-state index in [1.165, 1.54) is 36.2 Å². The highest BCUT2D eigenvalue weighted by Gasteiger charge is 2.54. The highest BCUT2D eigenvalue weighted by atomic mass is 35.5. The topological polar surface area (TPSA) is 250 Å². The van der Waals surface area contributed by atoms with Crippen molar-refractivity contribution in [2.24, 2.45) is 11.1 Å². The van der Waals surface area contributed by atoms with E-state index in [-0.39, 0.29) is 51.2 Å². The lowest BCUT2D eigenvalue weighted by atomic mass is 9.89. The second kappa shape index (κ2) is 13.8. The maximum Gasteiger partial charge on any atom is 0.347 e. The van der Waals surface area contributed by atoms with E-state index < -0.39 is 40.6 Å². The highest BCUT2D eigenvalue weighted by Crippen LogP contribution is 2.48. The number of H-pyrrole nitrogens is 1. The normalized spacial score (nSPS) is 21.0. The summed E-state index contributed by atoms with van der Waals surface area (Å²) in [5.41, 5.74) is 7.15. The number of amides is 2. The minimum atomic E-state index is -1.33. The van der Waals surface area contributed by atoms with Gasteiger partial charge in [-0.1, -0.05) is 16.8 Å². The second-order valence-corrected chi connectivity index (χ2v) is 14.6. The number of ketones is 1. The van der Waals surface area contributed by atoms with E-state index in [1.807, 2.05) is 0 Å². The number of likely N-dealkylation sites (N-methyl/N-ethyl adjacent to an activating group) is 1. The molecule has 3 aliphatic rings. The van der Waals surface area contributed by atoms with E-state index in [0.29, 0.717) is 48.7 Å². The molecular formula is C29H32ClN10O8S2+. The second-order valence-electron chi connectivity index (χ2n) is 12.2. The van der Waals surface area contributed by atoms with Crippen molar-refractivity contribution < 1.29 is 43.8 Å². The summed E-state index contributed by atoms with van der Waals surface area (Å²) in [4.78, 5) is 64.1. The first-order valence-corrected chi connectivity index (χ1v) is 17.5. The zero-order chi connectivity index (χ0) is 35.9. The van der Waals surface area contributed by atoms with Gasteiger partial charge >= 0.3 is 5.97 Å². The first kappa shape index (κ1) is 35.1. The number of carboxylic acid groups (broad SMARTS) is 1. The van der Waals surface area contributed by atoms with Gasteiger partial charge in [-0.3, -0.25) is 19.3 Å². The molecule has 50 heavy (non-hydrogen) atoms. The number of aromatic nitrogens is 5. The summed E-state index contributed by atoms with van der Waals surface area (Å²) in [6, 6.07) is 2.60. The number of nitrogen functional groups attached to an aromatic ring is 1. The molecule has 18 nitrogen and oxygen atoms in total. The first-order valence-electron chi connectivity index (χ1n) is 15.2. The summed E-state index contributed by atoms with van der Waals surface area (Å²) in [6.07, 6.45) is -1.56. The number of nitrogens with one attached hydrogen (secondary N) is 1. The number of quaternary nitrogens is 1. The van der Waals surface area contributed by atoms with Crippen molar-refractivity contribution in [3.8, 4) is 11.5 Å². The van der Waals surface area contributed by atoms with Crippen LogP contribution in [0.15, 0.2) is 28.2 Å². The number of phenols is 2. The fourth-order valence-corrected chi connectivity index (χ4v) is 8.17. The first-order chi connectivity index (χ1) is 23.8. The van der Waals surface area contributed by atoms with E-state index >= 15 is 0 Å². The molecule has 3 aromatic rings. The summed E-state index contributed by atoms with van der Waals surface area (Å²) in [5, 5.41) is 48.2. The van der Waals surface area contributed by atoms with Crippen LogP contribution in [-0.4, -0.2) is 141 Å². The number of halogens is 1. The van der Waals surface area contributed by atoms with Gasteiger partial charge in [0.05, 0.1) is 60.8 Å². The standard InChI is InChI=1S/C29H31ClN10O8S2/c1-13(28(46)47)48-35-21(17-12-50-29(31)32-17)19(42)9-16-26(45)39-22(24-33-36-37-34-24)14(11-49-27(16)39)10-40(2)7-5-38(6-8-40)25(44)15-3-4-18(41)23(43)20(15)30/h3-4,12-13,16,27H,5-11H2,1-2H3,(H5-,31,32,33,34,35,36,37,41,42,43,44,46,47)/p+1/t13-,16+,27+/m0/s1. The van der Waals surface area contributed by atoms with Crippen molar-refractivity contribution in [2.45, 2.75) is 24.8 Å². The quantitative estimate of drug-likeness (QED) is 0.0604. The maximum absolute atomic E-state index is 13.8. The summed E-state index contributed by atoms with van der Waals surface area (Å²) in [6.45, 7) is 3.71. The van der Waals surface area contributed by atoms with Crippen molar-refractivity contribution in [3.63, 3.8) is 0 Å². The number of piperazine rings is 1. The number of thiazole rings is 1. The lowest BCUT2D eigenvalue weighted by molar-refractivity contribution is -0.908. The summed E-state index contributed by atoms with van der Waals surface area (Å²) >= 11 is 8.71. The summed E-state index contributed by atoms with van der Waals surface area (Å²) < 4.78 is 0.537. The SMILES string of the molecule is C[C@H](O/N=C(\C(=O)C[C@@H]1C(=O)N2C(c3nn[nH]n3)=C(C[N+]3(C)CCN(C(=O)c4ccc(O)c(O)c4Cl)CC3)CS[C@H]12)c1csc(N)n1)C(=O)O. The van der Waals surface area contributed by atoms with Crippen LogP contribution in [0.25, 0.3) is 5.70 Å². The molecule has 21 heteroatoms. The van der Waals surface area contributed by atoms with Crippen molar-refractivity contribution in [2.75, 3.05) is 51.3 Å². The lowest BCUT2D eigenvalue weighted by Gasteiger charge is -2.51. The van der Waals surface area contributed by atoms with Gasteiger partial charge in [-0.05, 0) is 24.3 Å². The Morgan fingerprint density at radius 2 is 2.00 bits per heavy atom. The Hall–Kier alpha value is -4.79. The maximum atomic E-state index is 13.8. The van der Waals surface area contributed by atoms with Gasteiger partial charge in [0.1, 0.15) is 12.2 Å². The number of aliphatic carboxylic acids is 1. The molecule has 6 rings (SSSR count). The zero-order valence-electron chi connectivity index (χ0n) is 26.6. The number of Topliss-reactive ketones (excluding diaryl/α,β-unsaturated/α-hetero) is 1. The van der Waals surface area contributed by atoms with E-state index in [2.05, 4.69) is 37.8 Å². The number of carbonyl (C=O) groups excluding carboxylic acids is 3. The number of fused-ring (bicyclic) bond motifs is 1.